The summed E-state index contributed by atoms with van der Waals surface area (Å²) >= 11 is 0. The number of rotatable bonds is 8. The number of hydrogen-bond donors (Lipinski definition) is 0. The first-order valence-electron chi connectivity index (χ1n) is 6.17. The van der Waals surface area contributed by atoms with Crippen LogP contribution in [0.2, 0.25) is 0 Å². The summed E-state index contributed by atoms with van der Waals surface area (Å²) in [5.41, 5.74) is 0. The Kier molecular flexibility index (Phi) is 48.0. The Hall–Kier alpha value is 0.963. The van der Waals surface area contributed by atoms with Crippen molar-refractivity contribution in [1.82, 2.24) is 0 Å². The fraction of sp³-hybridized carbons (Fsp3) is 1.00. The van der Waals surface area contributed by atoms with E-state index in [0.717, 1.165) is 0 Å². The molecule has 0 bridgehead atoms. The molecule has 4 atom stereocenters. The van der Waals surface area contributed by atoms with Crippen LogP contribution in [0, 0.1) is 0 Å². The Bertz CT molecular complexity index is 281. The molecular formula is C8H20O12P4Zr+4. The van der Waals surface area contributed by atoms with Gasteiger partial charge in [-0.25, -0.2) is 0 Å². The summed E-state index contributed by atoms with van der Waals surface area (Å²) in [7, 11) is -10.4. The van der Waals surface area contributed by atoms with Gasteiger partial charge < -0.3 is 19.6 Å². The van der Waals surface area contributed by atoms with Crippen molar-refractivity contribution >= 4 is 33.0 Å². The predicted octanol–water partition coefficient (Wildman–Crippen LogP) is 0.160. The third-order valence-corrected chi connectivity index (χ3v) is 2.81. The van der Waals surface area contributed by atoms with Gasteiger partial charge >= 0.3 is 59.2 Å². The van der Waals surface area contributed by atoms with Crippen molar-refractivity contribution in [2.24, 2.45) is 0 Å². The first kappa shape index (κ1) is 36.8. The Balaban J connectivity index is -0.0000000702. The third kappa shape index (κ3) is 78.3. The molecule has 0 saturated heterocycles. The van der Waals surface area contributed by atoms with Gasteiger partial charge in [-0.1, -0.05) is 0 Å². The topological polar surface area (TPSA) is 197 Å². The molecule has 0 N–H and O–H groups in total. The summed E-state index contributed by atoms with van der Waals surface area (Å²) in [5, 5.41) is 0. The Morgan fingerprint density at radius 1 is 0.520 bits per heavy atom. The molecular weight excluding hydrogens is 503 g/mol. The summed E-state index contributed by atoms with van der Waals surface area (Å²) in [6.45, 7) is 7.40. The molecule has 144 valence electrons. The van der Waals surface area contributed by atoms with Gasteiger partial charge in [-0.05, 0) is 46.0 Å². The van der Waals surface area contributed by atoms with E-state index >= 15 is 0 Å². The SMILES string of the molecule is CCO[P+](=O)[O-].CCO[P+](=O)[O-].CCO[P+](=O)[O-].CCO[P+](=O)[O-].[Zr+4]. The maximum Gasteiger partial charge on any atom is 4.00 e. The standard InChI is InChI=1S/4C2H5O3P.Zr/c4*1-2-5-6(3)4;/h4*2H2,1H3;/q;;;;+4. The molecule has 0 heterocycles. The van der Waals surface area contributed by atoms with Crippen molar-refractivity contribution in [2.45, 2.75) is 27.7 Å². The van der Waals surface area contributed by atoms with E-state index in [1.807, 2.05) is 0 Å². The van der Waals surface area contributed by atoms with Crippen LogP contribution in [-0.4, -0.2) is 26.4 Å². The van der Waals surface area contributed by atoms with Crippen molar-refractivity contribution in [3.05, 3.63) is 0 Å². The molecule has 0 rings (SSSR count). The molecule has 0 aliphatic rings. The van der Waals surface area contributed by atoms with E-state index < -0.39 is 33.0 Å². The molecule has 0 spiro atoms. The first-order chi connectivity index (χ1) is 11.1. The fourth-order valence-electron chi connectivity index (χ4n) is 0.422. The second kappa shape index (κ2) is 32.6. The monoisotopic (exact) mass is 522 g/mol. The molecule has 0 aromatic carbocycles. The van der Waals surface area contributed by atoms with E-state index in [2.05, 4.69) is 18.1 Å². The van der Waals surface area contributed by atoms with Crippen molar-refractivity contribution in [1.29, 1.82) is 0 Å². The minimum atomic E-state index is -2.60. The maximum absolute atomic E-state index is 9.41. The normalized spacial score (nSPS) is 10.9. The summed E-state index contributed by atoms with van der Waals surface area (Å²) in [6, 6.07) is 0. The zero-order valence-electron chi connectivity index (χ0n) is 14.0. The van der Waals surface area contributed by atoms with E-state index in [4.69, 9.17) is 0 Å². The average Bonchev–Trinajstić information content (AvgIpc) is 2.39. The van der Waals surface area contributed by atoms with Gasteiger partial charge in [0.1, 0.15) is 0 Å². The van der Waals surface area contributed by atoms with Crippen LogP contribution in [0.1, 0.15) is 27.7 Å². The van der Waals surface area contributed by atoms with Crippen LogP contribution in [0.5, 0.6) is 0 Å². The summed E-state index contributed by atoms with van der Waals surface area (Å²) in [4.78, 5) is 37.7. The summed E-state index contributed by atoms with van der Waals surface area (Å²) < 4.78 is 53.6. The first-order valence-corrected chi connectivity index (χ1v) is 10.6. The molecule has 25 heavy (non-hydrogen) atoms. The van der Waals surface area contributed by atoms with Crippen LogP contribution in [0.3, 0.4) is 0 Å². The molecule has 0 aliphatic heterocycles. The molecule has 0 saturated carbocycles. The van der Waals surface area contributed by atoms with Crippen molar-refractivity contribution < 1.29 is 82.1 Å². The van der Waals surface area contributed by atoms with Gasteiger partial charge in [0.2, 0.25) is 0 Å². The summed E-state index contributed by atoms with van der Waals surface area (Å²) in [6.07, 6.45) is 0. The molecule has 0 radical (unpaired) electrons. The Morgan fingerprint density at radius 2 is 0.640 bits per heavy atom. The number of hydrogen-bond acceptors (Lipinski definition) is 12. The zero-order chi connectivity index (χ0) is 20.0. The molecule has 0 fully saturated rings. The van der Waals surface area contributed by atoms with Crippen LogP contribution in [-0.2, 0) is 62.6 Å². The van der Waals surface area contributed by atoms with E-state index in [1.54, 1.807) is 27.7 Å². The van der Waals surface area contributed by atoms with Gasteiger partial charge in [0.15, 0.2) is 0 Å². The average molecular weight is 523 g/mol. The quantitative estimate of drug-likeness (QED) is 0.391. The van der Waals surface area contributed by atoms with Crippen molar-refractivity contribution in [3.63, 3.8) is 0 Å². The third-order valence-electron chi connectivity index (χ3n) is 0.938. The van der Waals surface area contributed by atoms with Crippen LogP contribution in [0.25, 0.3) is 0 Å². The van der Waals surface area contributed by atoms with Crippen LogP contribution >= 0.6 is 33.0 Å². The minimum Gasteiger partial charge on any atom is -0.566 e. The van der Waals surface area contributed by atoms with Crippen LogP contribution in [0.15, 0.2) is 0 Å². The van der Waals surface area contributed by atoms with Gasteiger partial charge in [0.25, 0.3) is 0 Å². The van der Waals surface area contributed by atoms with E-state index in [9.17, 15) is 37.8 Å². The minimum absolute atomic E-state index is 0. The largest absolute Gasteiger partial charge is 4.00 e. The van der Waals surface area contributed by atoms with Gasteiger partial charge in [0, 0.05) is 0 Å². The predicted molar refractivity (Wildman–Crippen MR) is 76.9 cm³/mol. The zero-order valence-corrected chi connectivity index (χ0v) is 20.1. The maximum atomic E-state index is 9.41. The molecule has 0 amide bonds. The van der Waals surface area contributed by atoms with E-state index in [0.29, 0.717) is 0 Å². The Morgan fingerprint density at radius 3 is 0.640 bits per heavy atom. The van der Waals surface area contributed by atoms with Gasteiger partial charge in [-0.2, -0.15) is 0 Å². The molecule has 0 aliphatic carbocycles. The second-order valence-corrected chi connectivity index (χ2v) is 5.39. The molecule has 17 heteroatoms. The van der Waals surface area contributed by atoms with Crippen molar-refractivity contribution in [2.75, 3.05) is 26.4 Å². The summed E-state index contributed by atoms with van der Waals surface area (Å²) in [5.74, 6) is 0. The van der Waals surface area contributed by atoms with Crippen LogP contribution < -0.4 is 19.6 Å². The van der Waals surface area contributed by atoms with Gasteiger partial charge in [0.05, 0.1) is 26.4 Å². The second-order valence-electron chi connectivity index (χ2n) is 2.57. The van der Waals surface area contributed by atoms with Crippen molar-refractivity contribution in [3.8, 4) is 0 Å². The van der Waals surface area contributed by atoms with Gasteiger partial charge in [-0.3, -0.25) is 0 Å². The molecule has 4 unspecified atom stereocenters. The fourth-order valence-corrected chi connectivity index (χ4v) is 1.26. The van der Waals surface area contributed by atoms with Gasteiger partial charge in [-0.15, -0.1) is 18.1 Å². The van der Waals surface area contributed by atoms with E-state index in [1.165, 1.54) is 0 Å². The smallest absolute Gasteiger partial charge is 0.566 e. The molecule has 0 aromatic heterocycles. The van der Waals surface area contributed by atoms with E-state index in [-0.39, 0.29) is 52.6 Å². The Labute approximate surface area is 169 Å². The molecule has 12 nitrogen and oxygen atoms in total. The van der Waals surface area contributed by atoms with Crippen LogP contribution in [0.4, 0.5) is 0 Å². The molecule has 0 aromatic rings.